The Morgan fingerprint density at radius 1 is 1.31 bits per heavy atom. The number of benzene rings is 1. The molecule has 0 bridgehead atoms. The van der Waals surface area contributed by atoms with Crippen LogP contribution in [0.5, 0.6) is 0 Å². The molecule has 1 aromatic carbocycles. The summed E-state index contributed by atoms with van der Waals surface area (Å²) in [5.41, 5.74) is 3.52. The SMILES string of the molecule is CCC(C)NCCC(=O)Nc1sc2c(c1-c1nc3ccccc3s1)CCN(C1COC1)C2. The van der Waals surface area contributed by atoms with Crippen LogP contribution >= 0.6 is 22.7 Å². The van der Waals surface area contributed by atoms with Gasteiger partial charge < -0.3 is 15.4 Å². The molecule has 3 aromatic rings. The molecule has 5 rings (SSSR count). The number of fused-ring (bicyclic) bond motifs is 2. The molecule has 1 atom stereocenters. The van der Waals surface area contributed by atoms with Crippen molar-refractivity contribution in [2.45, 2.75) is 51.7 Å². The van der Waals surface area contributed by atoms with Gasteiger partial charge in [0.15, 0.2) is 0 Å². The van der Waals surface area contributed by atoms with E-state index in [9.17, 15) is 4.79 Å². The second-order valence-corrected chi connectivity index (χ2v) is 10.8. The third-order valence-electron chi connectivity index (χ3n) is 6.44. The maximum Gasteiger partial charge on any atom is 0.226 e. The van der Waals surface area contributed by atoms with Crippen LogP contribution in [0.3, 0.4) is 0 Å². The molecule has 6 nitrogen and oxygen atoms in total. The standard InChI is InChI=1S/C24H30N4O2S2/c1-3-15(2)25-10-8-21(29)27-24-22(23-26-18-6-4-5-7-19(18)31-23)17-9-11-28(12-20(17)32-24)16-13-30-14-16/h4-7,15-16,25H,3,8-14H2,1-2H3,(H,27,29). The number of hydrogen-bond acceptors (Lipinski definition) is 7. The predicted molar refractivity (Wildman–Crippen MR) is 133 cm³/mol. The van der Waals surface area contributed by atoms with Gasteiger partial charge in [-0.1, -0.05) is 19.1 Å². The number of thiophene rings is 1. The Hall–Kier alpha value is -1.84. The van der Waals surface area contributed by atoms with Crippen LogP contribution < -0.4 is 10.6 Å². The fraction of sp³-hybridized carbons (Fsp3) is 0.500. The number of anilines is 1. The lowest BCUT2D eigenvalue weighted by atomic mass is 10.0. The quantitative estimate of drug-likeness (QED) is 0.508. The van der Waals surface area contributed by atoms with Crippen molar-refractivity contribution < 1.29 is 9.53 Å². The Labute approximate surface area is 197 Å². The van der Waals surface area contributed by atoms with E-state index < -0.39 is 0 Å². The highest BCUT2D eigenvalue weighted by Crippen LogP contribution is 2.46. The number of thiazole rings is 1. The molecular formula is C24H30N4O2S2. The van der Waals surface area contributed by atoms with Crippen LogP contribution in [0, 0.1) is 0 Å². The molecule has 0 saturated carbocycles. The van der Waals surface area contributed by atoms with Crippen molar-refractivity contribution in [2.24, 2.45) is 0 Å². The number of amides is 1. The first-order valence-electron chi connectivity index (χ1n) is 11.5. The summed E-state index contributed by atoms with van der Waals surface area (Å²) >= 11 is 3.44. The molecule has 2 aliphatic rings. The first-order chi connectivity index (χ1) is 15.6. The molecule has 0 aliphatic carbocycles. The van der Waals surface area contributed by atoms with E-state index in [0.717, 1.165) is 60.2 Å². The highest BCUT2D eigenvalue weighted by molar-refractivity contribution is 7.22. The smallest absolute Gasteiger partial charge is 0.226 e. The maximum absolute atomic E-state index is 12.8. The summed E-state index contributed by atoms with van der Waals surface area (Å²) in [7, 11) is 0. The van der Waals surface area contributed by atoms with Gasteiger partial charge in [0.2, 0.25) is 5.91 Å². The number of carbonyl (C=O) groups is 1. The summed E-state index contributed by atoms with van der Waals surface area (Å²) in [5.74, 6) is 0.0611. The van der Waals surface area contributed by atoms with Crippen molar-refractivity contribution in [3.63, 3.8) is 0 Å². The van der Waals surface area contributed by atoms with E-state index in [1.807, 2.05) is 6.07 Å². The number of aromatic nitrogens is 1. The molecule has 32 heavy (non-hydrogen) atoms. The van der Waals surface area contributed by atoms with Crippen molar-refractivity contribution in [1.29, 1.82) is 0 Å². The number of hydrogen-bond donors (Lipinski definition) is 2. The van der Waals surface area contributed by atoms with E-state index in [4.69, 9.17) is 9.72 Å². The first kappa shape index (κ1) is 22.0. The number of carbonyl (C=O) groups excluding carboxylic acids is 1. The highest BCUT2D eigenvalue weighted by Gasteiger charge is 2.33. The second kappa shape index (κ2) is 9.57. The van der Waals surface area contributed by atoms with Gasteiger partial charge in [-0.25, -0.2) is 4.98 Å². The van der Waals surface area contributed by atoms with Crippen LogP contribution in [0.2, 0.25) is 0 Å². The van der Waals surface area contributed by atoms with Crippen molar-refractivity contribution in [3.8, 4) is 10.6 Å². The molecule has 0 spiro atoms. The van der Waals surface area contributed by atoms with Crippen LogP contribution in [0.15, 0.2) is 24.3 Å². The summed E-state index contributed by atoms with van der Waals surface area (Å²) in [6.45, 7) is 8.61. The summed E-state index contributed by atoms with van der Waals surface area (Å²) in [6, 6.07) is 9.22. The van der Waals surface area contributed by atoms with Crippen molar-refractivity contribution in [2.75, 3.05) is 31.6 Å². The molecule has 1 saturated heterocycles. The zero-order valence-corrected chi connectivity index (χ0v) is 20.3. The number of para-hydroxylation sites is 1. The fourth-order valence-electron chi connectivity index (χ4n) is 4.23. The van der Waals surface area contributed by atoms with E-state index in [1.54, 1.807) is 22.7 Å². The molecule has 2 aromatic heterocycles. The third kappa shape index (κ3) is 4.47. The zero-order chi connectivity index (χ0) is 22.1. The van der Waals surface area contributed by atoms with Crippen LogP contribution in [-0.4, -0.2) is 54.2 Å². The van der Waals surface area contributed by atoms with Crippen molar-refractivity contribution in [1.82, 2.24) is 15.2 Å². The van der Waals surface area contributed by atoms with E-state index in [0.29, 0.717) is 25.0 Å². The van der Waals surface area contributed by atoms with Gasteiger partial charge in [-0.05, 0) is 37.5 Å². The molecule has 170 valence electrons. The summed E-state index contributed by atoms with van der Waals surface area (Å²) < 4.78 is 6.60. The molecule has 2 N–H and O–H groups in total. The van der Waals surface area contributed by atoms with E-state index in [-0.39, 0.29) is 5.91 Å². The Balaban J connectivity index is 1.42. The lowest BCUT2D eigenvalue weighted by Crippen LogP contribution is -2.50. The Morgan fingerprint density at radius 2 is 2.16 bits per heavy atom. The summed E-state index contributed by atoms with van der Waals surface area (Å²) in [4.78, 5) is 21.6. The molecule has 0 radical (unpaired) electrons. The monoisotopic (exact) mass is 470 g/mol. The van der Waals surface area contributed by atoms with E-state index in [1.165, 1.54) is 15.1 Å². The Morgan fingerprint density at radius 3 is 2.91 bits per heavy atom. The molecule has 1 fully saturated rings. The fourth-order valence-corrected chi connectivity index (χ4v) is 6.63. The van der Waals surface area contributed by atoms with Gasteiger partial charge in [0.25, 0.3) is 0 Å². The number of nitrogens with one attached hydrogen (secondary N) is 2. The molecule has 1 amide bonds. The summed E-state index contributed by atoms with van der Waals surface area (Å²) in [5, 5.41) is 8.61. The van der Waals surface area contributed by atoms with Gasteiger partial charge in [0.1, 0.15) is 10.0 Å². The number of rotatable bonds is 8. The number of ether oxygens (including phenoxy) is 1. The second-order valence-electron chi connectivity index (χ2n) is 8.67. The predicted octanol–water partition coefficient (Wildman–Crippen LogP) is 4.50. The van der Waals surface area contributed by atoms with Gasteiger partial charge >= 0.3 is 0 Å². The minimum atomic E-state index is 0.0611. The lowest BCUT2D eigenvalue weighted by molar-refractivity contribution is -0.116. The van der Waals surface area contributed by atoms with Gasteiger partial charge in [-0.15, -0.1) is 22.7 Å². The molecule has 8 heteroatoms. The first-order valence-corrected chi connectivity index (χ1v) is 13.1. The third-order valence-corrected chi connectivity index (χ3v) is 8.63. The van der Waals surface area contributed by atoms with Crippen molar-refractivity contribution >= 4 is 43.8 Å². The van der Waals surface area contributed by atoms with Crippen LogP contribution in [0.4, 0.5) is 5.00 Å². The van der Waals surface area contributed by atoms with Gasteiger partial charge in [0.05, 0.1) is 29.5 Å². The Kier molecular flexibility index (Phi) is 6.57. The van der Waals surface area contributed by atoms with Crippen LogP contribution in [0.25, 0.3) is 20.8 Å². The topological polar surface area (TPSA) is 66.5 Å². The molecular weight excluding hydrogens is 440 g/mol. The van der Waals surface area contributed by atoms with E-state index in [2.05, 4.69) is 47.6 Å². The normalized spacial score (nSPS) is 17.8. The molecule has 1 unspecified atom stereocenters. The minimum Gasteiger partial charge on any atom is -0.378 e. The van der Waals surface area contributed by atoms with Crippen LogP contribution in [0.1, 0.15) is 37.1 Å². The van der Waals surface area contributed by atoms with E-state index >= 15 is 0 Å². The van der Waals surface area contributed by atoms with Gasteiger partial charge in [-0.3, -0.25) is 9.69 Å². The summed E-state index contributed by atoms with van der Waals surface area (Å²) in [6.07, 6.45) is 2.51. The largest absolute Gasteiger partial charge is 0.378 e. The average Bonchev–Trinajstić information content (AvgIpc) is 3.32. The van der Waals surface area contributed by atoms with Gasteiger partial charge in [0, 0.05) is 42.5 Å². The number of nitrogens with zero attached hydrogens (tertiary/aromatic N) is 2. The van der Waals surface area contributed by atoms with Crippen molar-refractivity contribution in [3.05, 3.63) is 34.7 Å². The van der Waals surface area contributed by atoms with Gasteiger partial charge in [-0.2, -0.15) is 0 Å². The minimum absolute atomic E-state index is 0.0611. The lowest BCUT2D eigenvalue weighted by Gasteiger charge is -2.39. The maximum atomic E-state index is 12.8. The molecule has 2 aliphatic heterocycles. The molecule has 4 heterocycles. The Bertz CT molecular complexity index is 1070. The average molecular weight is 471 g/mol. The highest BCUT2D eigenvalue weighted by atomic mass is 32.1. The van der Waals surface area contributed by atoms with Crippen LogP contribution in [-0.2, 0) is 22.5 Å². The zero-order valence-electron chi connectivity index (χ0n) is 18.6.